The number of rotatable bonds is 6. The number of ketones is 1. The van der Waals surface area contributed by atoms with E-state index in [0.29, 0.717) is 30.6 Å². The molecule has 1 heterocycles. The lowest BCUT2D eigenvalue weighted by Gasteiger charge is -2.29. The van der Waals surface area contributed by atoms with E-state index in [1.807, 2.05) is 24.3 Å². The zero-order valence-corrected chi connectivity index (χ0v) is 17.8. The Morgan fingerprint density at radius 2 is 1.86 bits per heavy atom. The predicted molar refractivity (Wildman–Crippen MR) is 110 cm³/mol. The summed E-state index contributed by atoms with van der Waals surface area (Å²) in [5, 5.41) is 0. The molecule has 0 bridgehead atoms. The van der Waals surface area contributed by atoms with Crippen molar-refractivity contribution in [1.82, 2.24) is 0 Å². The molecule has 0 radical (unpaired) electrons. The fourth-order valence-corrected chi connectivity index (χ4v) is 4.39. The van der Waals surface area contributed by atoms with Gasteiger partial charge in [0.05, 0.1) is 18.4 Å². The highest BCUT2D eigenvalue weighted by Gasteiger charge is 2.24. The summed E-state index contributed by atoms with van der Waals surface area (Å²) in [5.74, 6) is -0.791. The maximum absolute atomic E-state index is 12.4. The highest BCUT2D eigenvalue weighted by molar-refractivity contribution is 9.10. The SMILES string of the molecule is CS(=O)(=O)N1CCCc2cc(C(=O)COC(=O)Cc3ccc(Br)cc3)ccc21. The molecule has 0 spiro atoms. The molecular formula is C20H20BrNO5S. The smallest absolute Gasteiger partial charge is 0.310 e. The van der Waals surface area contributed by atoms with E-state index in [0.717, 1.165) is 15.6 Å². The highest BCUT2D eigenvalue weighted by Crippen LogP contribution is 2.30. The average Bonchev–Trinajstić information content (AvgIpc) is 2.66. The van der Waals surface area contributed by atoms with Crippen molar-refractivity contribution in [3.63, 3.8) is 0 Å². The van der Waals surface area contributed by atoms with Crippen LogP contribution in [0.4, 0.5) is 5.69 Å². The molecule has 2 aromatic rings. The van der Waals surface area contributed by atoms with E-state index in [-0.39, 0.29) is 18.8 Å². The minimum absolute atomic E-state index is 0.0913. The van der Waals surface area contributed by atoms with Gasteiger partial charge in [-0.3, -0.25) is 13.9 Å². The maximum atomic E-state index is 12.4. The van der Waals surface area contributed by atoms with Gasteiger partial charge in [-0.25, -0.2) is 8.42 Å². The summed E-state index contributed by atoms with van der Waals surface area (Å²) in [7, 11) is -3.35. The summed E-state index contributed by atoms with van der Waals surface area (Å²) in [5.41, 5.74) is 2.63. The Kier molecular flexibility index (Phi) is 6.20. The first-order valence-electron chi connectivity index (χ1n) is 8.78. The number of ether oxygens (including phenoxy) is 1. The molecular weight excluding hydrogens is 446 g/mol. The second-order valence-electron chi connectivity index (χ2n) is 6.67. The Balaban J connectivity index is 1.63. The van der Waals surface area contributed by atoms with Crippen molar-refractivity contribution in [2.75, 3.05) is 23.7 Å². The van der Waals surface area contributed by atoms with Crippen LogP contribution in [0.25, 0.3) is 0 Å². The molecule has 8 heteroatoms. The van der Waals surface area contributed by atoms with Crippen LogP contribution < -0.4 is 4.31 Å². The van der Waals surface area contributed by atoms with Crippen LogP contribution in [0.5, 0.6) is 0 Å². The Hall–Kier alpha value is -2.19. The van der Waals surface area contributed by atoms with Crippen molar-refractivity contribution in [1.29, 1.82) is 0 Å². The Morgan fingerprint density at radius 3 is 2.54 bits per heavy atom. The van der Waals surface area contributed by atoms with E-state index in [4.69, 9.17) is 4.74 Å². The number of aryl methyl sites for hydroxylation is 1. The summed E-state index contributed by atoms with van der Waals surface area (Å²) in [6.45, 7) is 0.0940. The summed E-state index contributed by atoms with van der Waals surface area (Å²) in [6.07, 6.45) is 2.66. The van der Waals surface area contributed by atoms with E-state index < -0.39 is 16.0 Å². The van der Waals surface area contributed by atoms with Crippen LogP contribution in [0, 0.1) is 0 Å². The summed E-state index contributed by atoms with van der Waals surface area (Å²) < 4.78 is 31.2. The van der Waals surface area contributed by atoms with Gasteiger partial charge >= 0.3 is 5.97 Å². The number of Topliss-reactive ketones (excluding diaryl/α,β-unsaturated/α-hetero) is 1. The number of benzene rings is 2. The third-order valence-corrected chi connectivity index (χ3v) is 6.21. The van der Waals surface area contributed by atoms with Crippen LogP contribution in [0.2, 0.25) is 0 Å². The maximum Gasteiger partial charge on any atom is 0.310 e. The van der Waals surface area contributed by atoms with Gasteiger partial charge < -0.3 is 4.74 Å². The quantitative estimate of drug-likeness (QED) is 0.483. The summed E-state index contributed by atoms with van der Waals surface area (Å²) in [4.78, 5) is 24.4. The van der Waals surface area contributed by atoms with E-state index in [1.54, 1.807) is 18.2 Å². The number of hydrogen-bond donors (Lipinski definition) is 0. The first kappa shape index (κ1) is 20.5. The van der Waals surface area contributed by atoms with Gasteiger partial charge in [0, 0.05) is 16.6 Å². The Morgan fingerprint density at radius 1 is 1.14 bits per heavy atom. The van der Waals surface area contributed by atoms with E-state index in [2.05, 4.69) is 15.9 Å². The normalized spacial score (nSPS) is 13.7. The Bertz CT molecular complexity index is 1000. The van der Waals surface area contributed by atoms with Crippen molar-refractivity contribution in [3.05, 3.63) is 63.6 Å². The van der Waals surface area contributed by atoms with Crippen molar-refractivity contribution in [2.24, 2.45) is 0 Å². The van der Waals surface area contributed by atoms with Gasteiger partial charge in [0.2, 0.25) is 10.0 Å². The molecule has 2 aromatic carbocycles. The van der Waals surface area contributed by atoms with Crippen LogP contribution in [-0.4, -0.2) is 39.6 Å². The molecule has 0 atom stereocenters. The lowest BCUT2D eigenvalue weighted by molar-refractivity contribution is -0.141. The fourth-order valence-electron chi connectivity index (χ4n) is 3.13. The van der Waals surface area contributed by atoms with Gasteiger partial charge in [0.15, 0.2) is 12.4 Å². The molecule has 0 unspecified atom stereocenters. The molecule has 0 N–H and O–H groups in total. The molecule has 0 aliphatic carbocycles. The van der Waals surface area contributed by atoms with Gasteiger partial charge in [0.25, 0.3) is 0 Å². The van der Waals surface area contributed by atoms with Gasteiger partial charge in [-0.2, -0.15) is 0 Å². The van der Waals surface area contributed by atoms with Gasteiger partial charge in [0.1, 0.15) is 0 Å². The number of hydrogen-bond acceptors (Lipinski definition) is 5. The van der Waals surface area contributed by atoms with Gasteiger partial charge in [-0.15, -0.1) is 0 Å². The van der Waals surface area contributed by atoms with E-state index in [1.165, 1.54) is 10.6 Å². The summed E-state index contributed by atoms with van der Waals surface area (Å²) >= 11 is 3.33. The molecule has 0 amide bonds. The molecule has 28 heavy (non-hydrogen) atoms. The second kappa shape index (κ2) is 8.45. The minimum Gasteiger partial charge on any atom is -0.457 e. The Labute approximate surface area is 172 Å². The van der Waals surface area contributed by atoms with Crippen molar-refractivity contribution in [3.8, 4) is 0 Å². The van der Waals surface area contributed by atoms with Gasteiger partial charge in [-0.05, 0) is 54.3 Å². The predicted octanol–water partition coefficient (Wildman–Crippen LogP) is 3.13. The lowest BCUT2D eigenvalue weighted by Crippen LogP contribution is -2.34. The minimum atomic E-state index is -3.35. The largest absolute Gasteiger partial charge is 0.457 e. The monoisotopic (exact) mass is 465 g/mol. The van der Waals surface area contributed by atoms with Crippen molar-refractivity contribution in [2.45, 2.75) is 19.3 Å². The number of anilines is 1. The third kappa shape index (κ3) is 4.99. The van der Waals surface area contributed by atoms with Gasteiger partial charge in [-0.1, -0.05) is 28.1 Å². The third-order valence-electron chi connectivity index (χ3n) is 4.50. The van der Waals surface area contributed by atoms with Crippen LogP contribution in [0.1, 0.15) is 27.9 Å². The molecule has 6 nitrogen and oxygen atoms in total. The molecule has 1 aliphatic rings. The zero-order chi connectivity index (χ0) is 20.3. The number of sulfonamides is 1. The molecule has 148 valence electrons. The number of esters is 1. The number of halogens is 1. The van der Waals surface area contributed by atoms with Crippen molar-refractivity contribution < 1.29 is 22.7 Å². The zero-order valence-electron chi connectivity index (χ0n) is 15.4. The topological polar surface area (TPSA) is 80.8 Å². The standard InChI is InChI=1S/C20H20BrNO5S/c1-28(25,26)22-10-2-3-15-12-16(6-9-18(15)22)19(23)13-27-20(24)11-14-4-7-17(21)8-5-14/h4-9,12H,2-3,10-11,13H2,1H3. The van der Waals surface area contributed by atoms with Crippen LogP contribution in [0.3, 0.4) is 0 Å². The molecule has 0 saturated carbocycles. The number of fused-ring (bicyclic) bond motifs is 1. The van der Waals surface area contributed by atoms with Crippen LogP contribution in [-0.2, 0) is 32.4 Å². The molecule has 3 rings (SSSR count). The fraction of sp³-hybridized carbons (Fsp3) is 0.300. The molecule has 0 saturated heterocycles. The first-order chi connectivity index (χ1) is 13.2. The lowest BCUT2D eigenvalue weighted by atomic mass is 9.99. The first-order valence-corrected chi connectivity index (χ1v) is 11.4. The average molecular weight is 466 g/mol. The number of carbonyl (C=O) groups excluding carboxylic acids is 2. The van der Waals surface area contributed by atoms with E-state index in [9.17, 15) is 18.0 Å². The number of nitrogens with zero attached hydrogens (tertiary/aromatic N) is 1. The summed E-state index contributed by atoms with van der Waals surface area (Å²) in [6, 6.07) is 12.2. The van der Waals surface area contributed by atoms with E-state index >= 15 is 0 Å². The van der Waals surface area contributed by atoms with Crippen LogP contribution >= 0.6 is 15.9 Å². The van der Waals surface area contributed by atoms with Crippen LogP contribution in [0.15, 0.2) is 46.9 Å². The molecule has 0 fully saturated rings. The highest BCUT2D eigenvalue weighted by atomic mass is 79.9. The molecule has 0 aromatic heterocycles. The second-order valence-corrected chi connectivity index (χ2v) is 9.49. The van der Waals surface area contributed by atoms with Crippen molar-refractivity contribution >= 4 is 43.4 Å². The number of carbonyl (C=O) groups is 2. The molecule has 1 aliphatic heterocycles.